The number of nitrogens with two attached hydrogens (primary N) is 1. The van der Waals surface area contributed by atoms with Gasteiger partial charge in [-0.25, -0.2) is 0 Å². The molecule has 2 N–H and O–H groups in total. The fourth-order valence-electron chi connectivity index (χ4n) is 1.76. The van der Waals surface area contributed by atoms with Crippen molar-refractivity contribution in [3.05, 3.63) is 40.6 Å². The number of hydrogen-bond donors (Lipinski definition) is 1. The van der Waals surface area contributed by atoms with Gasteiger partial charge in [-0.3, -0.25) is 0 Å². The van der Waals surface area contributed by atoms with E-state index >= 15 is 0 Å². The Morgan fingerprint density at radius 1 is 1.20 bits per heavy atom. The summed E-state index contributed by atoms with van der Waals surface area (Å²) in [5, 5.41) is 3.82. The largest absolute Gasteiger partial charge is 0.484 e. The van der Waals surface area contributed by atoms with Gasteiger partial charge in [0.15, 0.2) is 6.61 Å². The van der Waals surface area contributed by atoms with Crippen LogP contribution < -0.4 is 10.5 Å². The fraction of sp³-hybridized carbons (Fsp3) is 0.231. The van der Waals surface area contributed by atoms with E-state index in [1.54, 1.807) is 6.07 Å². The average molecular weight is 324 g/mol. The number of halogens is 4. The van der Waals surface area contributed by atoms with Crippen LogP contribution in [0.15, 0.2) is 35.0 Å². The summed E-state index contributed by atoms with van der Waals surface area (Å²) in [5.41, 5.74) is 7.97. The standard InChI is InChI=1S/C13H12F3NOS.ClH/c14-13(15,16)8-18-12-3-1-2-10(11(12)6-17)9-4-5-19-7-9;/h1-5,7H,6,8,17H2;1H. The van der Waals surface area contributed by atoms with Crippen molar-refractivity contribution in [1.82, 2.24) is 0 Å². The third kappa shape index (κ3) is 4.13. The van der Waals surface area contributed by atoms with Crippen molar-refractivity contribution in [3.63, 3.8) is 0 Å². The zero-order valence-electron chi connectivity index (χ0n) is 10.3. The summed E-state index contributed by atoms with van der Waals surface area (Å²) in [4.78, 5) is 0. The average Bonchev–Trinajstić information content (AvgIpc) is 2.88. The van der Waals surface area contributed by atoms with Crippen LogP contribution >= 0.6 is 23.7 Å². The molecule has 1 aromatic carbocycles. The van der Waals surface area contributed by atoms with E-state index in [1.165, 1.54) is 17.4 Å². The molecule has 0 fully saturated rings. The fourth-order valence-corrected chi connectivity index (χ4v) is 2.42. The van der Waals surface area contributed by atoms with E-state index in [0.29, 0.717) is 5.56 Å². The molecule has 110 valence electrons. The Morgan fingerprint density at radius 3 is 2.50 bits per heavy atom. The van der Waals surface area contributed by atoms with E-state index < -0.39 is 12.8 Å². The first-order valence-electron chi connectivity index (χ1n) is 5.55. The van der Waals surface area contributed by atoms with Crippen LogP contribution in [0.1, 0.15) is 5.56 Å². The number of thiophene rings is 1. The van der Waals surface area contributed by atoms with Crippen molar-refractivity contribution >= 4 is 23.7 Å². The number of benzene rings is 1. The summed E-state index contributed by atoms with van der Waals surface area (Å²) < 4.78 is 41.4. The van der Waals surface area contributed by atoms with Crippen LogP contribution in [0.2, 0.25) is 0 Å². The number of rotatable bonds is 4. The molecule has 0 aliphatic rings. The van der Waals surface area contributed by atoms with E-state index in [2.05, 4.69) is 0 Å². The molecule has 0 saturated heterocycles. The van der Waals surface area contributed by atoms with Gasteiger partial charge in [0.1, 0.15) is 5.75 Å². The number of ether oxygens (including phenoxy) is 1. The Morgan fingerprint density at radius 2 is 1.95 bits per heavy atom. The quantitative estimate of drug-likeness (QED) is 0.913. The summed E-state index contributed by atoms with van der Waals surface area (Å²) in [6.45, 7) is -1.19. The Labute approximate surface area is 124 Å². The van der Waals surface area contributed by atoms with Gasteiger partial charge in [-0.2, -0.15) is 24.5 Å². The summed E-state index contributed by atoms with van der Waals surface area (Å²) in [7, 11) is 0. The SMILES string of the molecule is Cl.NCc1c(OCC(F)(F)F)cccc1-c1ccsc1. The minimum Gasteiger partial charge on any atom is -0.484 e. The van der Waals surface area contributed by atoms with E-state index in [-0.39, 0.29) is 24.7 Å². The van der Waals surface area contributed by atoms with Crippen LogP contribution in [-0.2, 0) is 6.54 Å². The van der Waals surface area contributed by atoms with Crippen molar-refractivity contribution in [2.75, 3.05) is 6.61 Å². The zero-order valence-corrected chi connectivity index (χ0v) is 11.9. The van der Waals surface area contributed by atoms with Gasteiger partial charge in [0, 0.05) is 12.1 Å². The maximum Gasteiger partial charge on any atom is 0.422 e. The van der Waals surface area contributed by atoms with Crippen molar-refractivity contribution in [2.24, 2.45) is 5.73 Å². The van der Waals surface area contributed by atoms with Gasteiger partial charge in [0.25, 0.3) is 0 Å². The molecule has 2 aromatic rings. The molecule has 20 heavy (non-hydrogen) atoms. The van der Waals surface area contributed by atoms with Gasteiger partial charge in [-0.05, 0) is 34.0 Å². The van der Waals surface area contributed by atoms with Gasteiger partial charge < -0.3 is 10.5 Å². The van der Waals surface area contributed by atoms with Crippen molar-refractivity contribution in [1.29, 1.82) is 0 Å². The predicted molar refractivity (Wildman–Crippen MR) is 76.4 cm³/mol. The summed E-state index contributed by atoms with van der Waals surface area (Å²) in [6, 6.07) is 6.89. The molecule has 0 amide bonds. The van der Waals surface area contributed by atoms with Crippen molar-refractivity contribution < 1.29 is 17.9 Å². The van der Waals surface area contributed by atoms with Crippen LogP contribution in [0.25, 0.3) is 11.1 Å². The first-order valence-corrected chi connectivity index (χ1v) is 6.49. The molecular weight excluding hydrogens is 311 g/mol. The second kappa shape index (κ2) is 6.97. The van der Waals surface area contributed by atoms with E-state index in [1.807, 2.05) is 22.9 Å². The lowest BCUT2D eigenvalue weighted by Crippen LogP contribution is -2.20. The molecule has 0 unspecified atom stereocenters. The molecule has 0 bridgehead atoms. The highest BCUT2D eigenvalue weighted by molar-refractivity contribution is 7.08. The second-order valence-corrected chi connectivity index (χ2v) is 4.68. The maximum atomic E-state index is 12.2. The van der Waals surface area contributed by atoms with E-state index in [9.17, 15) is 13.2 Å². The smallest absolute Gasteiger partial charge is 0.422 e. The summed E-state index contributed by atoms with van der Waals surface area (Å²) in [5.74, 6) is 0.184. The summed E-state index contributed by atoms with van der Waals surface area (Å²) in [6.07, 6.45) is -4.36. The van der Waals surface area contributed by atoms with Crippen molar-refractivity contribution in [2.45, 2.75) is 12.7 Å². The predicted octanol–water partition coefficient (Wildman–Crippen LogP) is 4.24. The zero-order chi connectivity index (χ0) is 13.9. The van der Waals surface area contributed by atoms with Gasteiger partial charge in [-0.15, -0.1) is 12.4 Å². The molecule has 0 spiro atoms. The number of hydrogen-bond acceptors (Lipinski definition) is 3. The molecule has 1 aromatic heterocycles. The lowest BCUT2D eigenvalue weighted by Gasteiger charge is -2.15. The molecule has 2 rings (SSSR count). The Hall–Kier alpha value is -1.24. The molecule has 0 atom stereocenters. The normalized spacial score (nSPS) is 11.0. The molecule has 2 nitrogen and oxygen atoms in total. The third-order valence-electron chi connectivity index (χ3n) is 2.56. The highest BCUT2D eigenvalue weighted by Crippen LogP contribution is 2.32. The topological polar surface area (TPSA) is 35.2 Å². The Bertz CT molecular complexity index is 543. The lowest BCUT2D eigenvalue weighted by atomic mass is 10.0. The minimum absolute atomic E-state index is 0. The second-order valence-electron chi connectivity index (χ2n) is 3.90. The molecule has 7 heteroatoms. The van der Waals surface area contributed by atoms with Crippen LogP contribution in [0, 0.1) is 0 Å². The van der Waals surface area contributed by atoms with Crippen LogP contribution in [0.5, 0.6) is 5.75 Å². The van der Waals surface area contributed by atoms with E-state index in [0.717, 1.165) is 11.1 Å². The molecular formula is C13H13ClF3NOS. The molecule has 0 radical (unpaired) electrons. The summed E-state index contributed by atoms with van der Waals surface area (Å²) >= 11 is 1.52. The molecule has 0 saturated carbocycles. The van der Waals surface area contributed by atoms with Gasteiger partial charge in [-0.1, -0.05) is 12.1 Å². The van der Waals surface area contributed by atoms with Crippen LogP contribution in [0.4, 0.5) is 13.2 Å². The monoisotopic (exact) mass is 323 g/mol. The third-order valence-corrected chi connectivity index (χ3v) is 3.24. The number of alkyl halides is 3. The highest BCUT2D eigenvalue weighted by Gasteiger charge is 2.29. The maximum absolute atomic E-state index is 12.2. The van der Waals surface area contributed by atoms with Gasteiger partial charge >= 0.3 is 6.18 Å². The van der Waals surface area contributed by atoms with E-state index in [4.69, 9.17) is 10.5 Å². The van der Waals surface area contributed by atoms with Crippen molar-refractivity contribution in [3.8, 4) is 16.9 Å². The minimum atomic E-state index is -4.36. The molecule has 0 aliphatic heterocycles. The first-order chi connectivity index (χ1) is 9.01. The highest BCUT2D eigenvalue weighted by atomic mass is 35.5. The lowest BCUT2D eigenvalue weighted by molar-refractivity contribution is -0.153. The molecule has 0 aliphatic carbocycles. The van der Waals surface area contributed by atoms with Gasteiger partial charge in [0.2, 0.25) is 0 Å². The molecule has 1 heterocycles. The van der Waals surface area contributed by atoms with Crippen LogP contribution in [-0.4, -0.2) is 12.8 Å². The Kier molecular flexibility index (Phi) is 5.86. The Balaban J connectivity index is 0.00000200. The first kappa shape index (κ1) is 16.8. The van der Waals surface area contributed by atoms with Crippen LogP contribution in [0.3, 0.4) is 0 Å². The van der Waals surface area contributed by atoms with Gasteiger partial charge in [0.05, 0.1) is 0 Å².